The third-order valence-electron chi connectivity index (χ3n) is 4.79. The monoisotopic (exact) mass is 379 g/mol. The molecule has 3 aromatic rings. The third-order valence-corrected chi connectivity index (χ3v) is 5.76. The molecule has 1 saturated heterocycles. The summed E-state index contributed by atoms with van der Waals surface area (Å²) < 4.78 is 5.89. The van der Waals surface area contributed by atoms with Crippen LogP contribution in [0.25, 0.3) is 10.4 Å². The number of piperidine rings is 1. The van der Waals surface area contributed by atoms with Gasteiger partial charge in [0.1, 0.15) is 12.4 Å². The molecule has 5 heteroatoms. The van der Waals surface area contributed by atoms with Gasteiger partial charge in [0.2, 0.25) is 0 Å². The Balaban J connectivity index is 1.28. The van der Waals surface area contributed by atoms with E-state index in [4.69, 9.17) is 4.74 Å². The van der Waals surface area contributed by atoms with Crippen molar-refractivity contribution < 1.29 is 4.74 Å². The lowest BCUT2D eigenvalue weighted by Crippen LogP contribution is -2.33. The topological polar surface area (TPSA) is 37.4 Å². The van der Waals surface area contributed by atoms with Gasteiger partial charge in [-0.25, -0.2) is 4.98 Å². The summed E-state index contributed by atoms with van der Waals surface area (Å²) in [6, 6.07) is 18.5. The molecule has 4 nitrogen and oxygen atoms in total. The summed E-state index contributed by atoms with van der Waals surface area (Å²) in [6.45, 7) is 4.19. The fraction of sp³-hybridized carbons (Fsp3) is 0.318. The number of nitrogens with zero attached hydrogens (tertiary/aromatic N) is 2. The molecule has 0 amide bonds. The van der Waals surface area contributed by atoms with Gasteiger partial charge in [-0.2, -0.15) is 0 Å². The summed E-state index contributed by atoms with van der Waals surface area (Å²) in [5, 5.41) is 4.27. The number of aromatic nitrogens is 1. The van der Waals surface area contributed by atoms with Gasteiger partial charge in [0.25, 0.3) is 0 Å². The summed E-state index contributed by atoms with van der Waals surface area (Å²) >= 11 is 1.66. The standard InChI is InChI=1S/C22H25N3OS/c1-3-7-18(8-4-1)21-17-23-22(27-21)24-19-9-11-20(12-10-19)26-16-15-25-13-5-2-6-14-25/h1,3-4,7-12,17H,2,5-6,13-16H2,(H,23,24). The first kappa shape index (κ1) is 18.0. The number of ether oxygens (including phenoxy) is 1. The van der Waals surface area contributed by atoms with Crippen molar-refractivity contribution in [3.8, 4) is 16.2 Å². The van der Waals surface area contributed by atoms with E-state index in [1.165, 1.54) is 37.9 Å². The fourth-order valence-corrected chi connectivity index (χ4v) is 4.14. The second-order valence-electron chi connectivity index (χ2n) is 6.80. The van der Waals surface area contributed by atoms with Crippen LogP contribution in [0.3, 0.4) is 0 Å². The quantitative estimate of drug-likeness (QED) is 0.595. The third kappa shape index (κ3) is 5.08. The van der Waals surface area contributed by atoms with Crippen molar-refractivity contribution in [1.82, 2.24) is 9.88 Å². The van der Waals surface area contributed by atoms with Gasteiger partial charge in [-0.1, -0.05) is 48.1 Å². The Labute approximate surface area is 164 Å². The van der Waals surface area contributed by atoms with Gasteiger partial charge >= 0.3 is 0 Å². The molecule has 1 aliphatic heterocycles. The van der Waals surface area contributed by atoms with Crippen LogP contribution in [0.1, 0.15) is 19.3 Å². The van der Waals surface area contributed by atoms with Crippen LogP contribution in [0.4, 0.5) is 10.8 Å². The van der Waals surface area contributed by atoms with Crippen molar-refractivity contribution in [2.75, 3.05) is 31.6 Å². The van der Waals surface area contributed by atoms with Crippen molar-refractivity contribution >= 4 is 22.2 Å². The van der Waals surface area contributed by atoms with Gasteiger partial charge < -0.3 is 10.1 Å². The predicted molar refractivity (Wildman–Crippen MR) is 113 cm³/mol. The molecule has 140 valence electrons. The predicted octanol–water partition coefficient (Wildman–Crippen LogP) is 5.42. The van der Waals surface area contributed by atoms with Crippen LogP contribution >= 0.6 is 11.3 Å². The lowest BCUT2D eigenvalue weighted by molar-refractivity contribution is 0.183. The van der Waals surface area contributed by atoms with Crippen LogP contribution in [0, 0.1) is 0 Å². The molecule has 2 aromatic carbocycles. The average Bonchev–Trinajstić information content (AvgIpc) is 3.19. The number of thiazole rings is 1. The maximum atomic E-state index is 5.89. The molecule has 0 saturated carbocycles. The molecule has 4 rings (SSSR count). The van der Waals surface area contributed by atoms with Crippen molar-refractivity contribution in [3.63, 3.8) is 0 Å². The molecular formula is C22H25N3OS. The maximum Gasteiger partial charge on any atom is 0.187 e. The van der Waals surface area contributed by atoms with Gasteiger partial charge in [-0.15, -0.1) is 0 Å². The Morgan fingerprint density at radius 1 is 0.963 bits per heavy atom. The lowest BCUT2D eigenvalue weighted by atomic mass is 10.1. The normalized spacial score (nSPS) is 14.8. The van der Waals surface area contributed by atoms with Gasteiger partial charge in [-0.05, 0) is 55.8 Å². The Kier molecular flexibility index (Phi) is 6.02. The van der Waals surface area contributed by atoms with Gasteiger partial charge in [0.05, 0.1) is 4.88 Å². The molecule has 0 spiro atoms. The highest BCUT2D eigenvalue weighted by Crippen LogP contribution is 2.30. The molecule has 2 heterocycles. The van der Waals surface area contributed by atoms with Crippen LogP contribution in [0.5, 0.6) is 5.75 Å². The van der Waals surface area contributed by atoms with E-state index in [1.54, 1.807) is 11.3 Å². The zero-order chi connectivity index (χ0) is 18.3. The molecule has 1 aliphatic rings. The Bertz CT molecular complexity index is 826. The molecule has 0 atom stereocenters. The SMILES string of the molecule is c1ccc(-c2cnc(Nc3ccc(OCCN4CCCCC4)cc3)s2)cc1. The minimum atomic E-state index is 0.750. The van der Waals surface area contributed by atoms with E-state index < -0.39 is 0 Å². The molecule has 27 heavy (non-hydrogen) atoms. The Morgan fingerprint density at radius 2 is 1.74 bits per heavy atom. The van der Waals surface area contributed by atoms with E-state index in [0.717, 1.165) is 34.6 Å². The van der Waals surface area contributed by atoms with Crippen molar-refractivity contribution in [2.45, 2.75) is 19.3 Å². The largest absolute Gasteiger partial charge is 0.492 e. The minimum Gasteiger partial charge on any atom is -0.492 e. The molecule has 0 unspecified atom stereocenters. The number of likely N-dealkylation sites (tertiary alicyclic amines) is 1. The Morgan fingerprint density at radius 3 is 2.52 bits per heavy atom. The number of benzene rings is 2. The number of hydrogen-bond donors (Lipinski definition) is 1. The van der Waals surface area contributed by atoms with E-state index in [0.29, 0.717) is 0 Å². The highest BCUT2D eigenvalue weighted by Gasteiger charge is 2.09. The molecule has 1 N–H and O–H groups in total. The molecular weight excluding hydrogens is 354 g/mol. The molecule has 0 radical (unpaired) electrons. The zero-order valence-electron chi connectivity index (χ0n) is 15.4. The van der Waals surface area contributed by atoms with Crippen LogP contribution in [0.15, 0.2) is 60.8 Å². The van der Waals surface area contributed by atoms with Crippen LogP contribution in [-0.2, 0) is 0 Å². The van der Waals surface area contributed by atoms with Crippen molar-refractivity contribution in [3.05, 3.63) is 60.8 Å². The number of anilines is 2. The van der Waals surface area contributed by atoms with Gasteiger partial charge in [0.15, 0.2) is 5.13 Å². The smallest absolute Gasteiger partial charge is 0.187 e. The highest BCUT2D eigenvalue weighted by molar-refractivity contribution is 7.18. The van der Waals surface area contributed by atoms with Crippen LogP contribution in [0.2, 0.25) is 0 Å². The number of rotatable bonds is 7. The van der Waals surface area contributed by atoms with Crippen LogP contribution in [-0.4, -0.2) is 36.1 Å². The van der Waals surface area contributed by atoms with Crippen molar-refractivity contribution in [2.24, 2.45) is 0 Å². The fourth-order valence-electron chi connectivity index (χ4n) is 3.30. The summed E-state index contributed by atoms with van der Waals surface area (Å²) in [5.74, 6) is 0.918. The van der Waals surface area contributed by atoms with Crippen molar-refractivity contribution in [1.29, 1.82) is 0 Å². The summed E-state index contributed by atoms with van der Waals surface area (Å²) in [7, 11) is 0. The molecule has 0 bridgehead atoms. The van der Waals surface area contributed by atoms with Gasteiger partial charge in [-0.3, -0.25) is 4.90 Å². The molecule has 0 aliphatic carbocycles. The van der Waals surface area contributed by atoms with E-state index in [2.05, 4.69) is 27.3 Å². The lowest BCUT2D eigenvalue weighted by Gasteiger charge is -2.26. The van der Waals surface area contributed by atoms with E-state index in [-0.39, 0.29) is 0 Å². The first-order valence-electron chi connectivity index (χ1n) is 9.60. The van der Waals surface area contributed by atoms with E-state index in [1.807, 2.05) is 48.7 Å². The minimum absolute atomic E-state index is 0.750. The Hall–Kier alpha value is -2.37. The number of hydrogen-bond acceptors (Lipinski definition) is 5. The number of nitrogens with one attached hydrogen (secondary N) is 1. The maximum absolute atomic E-state index is 5.89. The first-order chi connectivity index (χ1) is 13.4. The summed E-state index contributed by atoms with van der Waals surface area (Å²) in [5.41, 5.74) is 2.22. The summed E-state index contributed by atoms with van der Waals surface area (Å²) in [4.78, 5) is 8.14. The van der Waals surface area contributed by atoms with Gasteiger partial charge in [0, 0.05) is 18.4 Å². The van der Waals surface area contributed by atoms with E-state index >= 15 is 0 Å². The highest BCUT2D eigenvalue weighted by atomic mass is 32.1. The first-order valence-corrected chi connectivity index (χ1v) is 10.4. The zero-order valence-corrected chi connectivity index (χ0v) is 16.3. The average molecular weight is 380 g/mol. The van der Waals surface area contributed by atoms with E-state index in [9.17, 15) is 0 Å². The molecule has 1 aromatic heterocycles. The second kappa shape index (κ2) is 9.02. The summed E-state index contributed by atoms with van der Waals surface area (Å²) in [6.07, 6.45) is 5.93. The second-order valence-corrected chi connectivity index (χ2v) is 7.83. The molecule has 1 fully saturated rings. The van der Waals surface area contributed by atoms with Crippen LogP contribution < -0.4 is 10.1 Å².